The van der Waals surface area contributed by atoms with Crippen LogP contribution >= 0.6 is 0 Å². The van der Waals surface area contributed by atoms with E-state index in [2.05, 4.69) is 10.3 Å². The molecule has 1 aromatic heterocycles. The zero-order chi connectivity index (χ0) is 19.2. The van der Waals surface area contributed by atoms with Gasteiger partial charge in [-0.1, -0.05) is 0 Å². The maximum atomic E-state index is 13.8. The van der Waals surface area contributed by atoms with Crippen LogP contribution in [0.25, 0.3) is 11.3 Å². The number of benzene rings is 1. The number of likely N-dealkylation sites (tertiary alicyclic amines) is 1. The van der Waals surface area contributed by atoms with Crippen molar-refractivity contribution in [3.05, 3.63) is 41.9 Å². The van der Waals surface area contributed by atoms with Gasteiger partial charge in [-0.05, 0) is 50.9 Å². The summed E-state index contributed by atoms with van der Waals surface area (Å²) in [7, 11) is 1.96. The molecule has 0 bridgehead atoms. The van der Waals surface area contributed by atoms with Gasteiger partial charge in [0.1, 0.15) is 11.6 Å². The molecule has 0 radical (unpaired) electrons. The number of rotatable bonds is 7. The van der Waals surface area contributed by atoms with Gasteiger partial charge in [0.2, 0.25) is 5.91 Å². The maximum absolute atomic E-state index is 13.8. The number of aromatic nitrogens is 1. The topological polar surface area (TPSA) is 58.4 Å². The van der Waals surface area contributed by atoms with Gasteiger partial charge >= 0.3 is 0 Å². The van der Waals surface area contributed by atoms with Crippen LogP contribution < -0.4 is 5.32 Å². The number of oxazole rings is 1. The third-order valence-electron chi connectivity index (χ3n) is 5.07. The first-order valence-corrected chi connectivity index (χ1v) is 9.39. The van der Waals surface area contributed by atoms with Gasteiger partial charge in [-0.25, -0.2) is 13.8 Å². The van der Waals surface area contributed by atoms with Crippen LogP contribution in [0, 0.1) is 17.6 Å². The zero-order valence-corrected chi connectivity index (χ0v) is 15.5. The highest BCUT2D eigenvalue weighted by Crippen LogP contribution is 2.25. The molecule has 1 aliphatic heterocycles. The molecule has 0 aliphatic carbocycles. The first-order chi connectivity index (χ1) is 13.1. The summed E-state index contributed by atoms with van der Waals surface area (Å²) >= 11 is 0. The van der Waals surface area contributed by atoms with Gasteiger partial charge in [0.15, 0.2) is 11.7 Å². The molecule has 0 unspecified atom stereocenters. The van der Waals surface area contributed by atoms with Crippen LogP contribution in [0.2, 0.25) is 0 Å². The molecule has 1 fully saturated rings. The minimum atomic E-state index is -0.699. The highest BCUT2D eigenvalue weighted by atomic mass is 19.1. The summed E-state index contributed by atoms with van der Waals surface area (Å²) in [6.45, 7) is 2.61. The van der Waals surface area contributed by atoms with Gasteiger partial charge in [-0.15, -0.1) is 0 Å². The van der Waals surface area contributed by atoms with E-state index in [1.165, 1.54) is 18.3 Å². The molecule has 0 atom stereocenters. The lowest BCUT2D eigenvalue weighted by Gasteiger charge is -2.32. The Labute approximate surface area is 157 Å². The number of nitrogens with one attached hydrogen (secondary N) is 1. The zero-order valence-electron chi connectivity index (χ0n) is 15.5. The number of amides is 1. The van der Waals surface area contributed by atoms with Gasteiger partial charge in [-0.2, -0.15) is 0 Å². The summed E-state index contributed by atoms with van der Waals surface area (Å²) in [6.07, 6.45) is 5.32. The largest absolute Gasteiger partial charge is 0.441 e. The molecule has 0 spiro atoms. The van der Waals surface area contributed by atoms with E-state index in [1.54, 1.807) is 0 Å². The SMILES string of the molecule is CNCCC1CCN(C(=O)CCc2ncc(-c3ccc(F)cc3F)o2)CC1. The molecule has 1 amide bonds. The average molecular weight is 377 g/mol. The normalized spacial score (nSPS) is 15.3. The van der Waals surface area contributed by atoms with E-state index in [0.717, 1.165) is 45.0 Å². The van der Waals surface area contributed by atoms with Crippen molar-refractivity contribution in [3.8, 4) is 11.3 Å². The Morgan fingerprint density at radius 2 is 2.11 bits per heavy atom. The van der Waals surface area contributed by atoms with Crippen molar-refractivity contribution >= 4 is 5.91 Å². The van der Waals surface area contributed by atoms with Crippen LogP contribution in [-0.2, 0) is 11.2 Å². The number of hydrogen-bond acceptors (Lipinski definition) is 4. The molecule has 1 aromatic carbocycles. The van der Waals surface area contributed by atoms with E-state index >= 15 is 0 Å². The number of halogens is 2. The fraction of sp³-hybridized carbons (Fsp3) is 0.500. The van der Waals surface area contributed by atoms with Crippen LogP contribution in [0.1, 0.15) is 31.6 Å². The Kier molecular flexibility index (Phi) is 6.55. The standard InChI is InChI=1S/C20H25F2N3O2/c1-23-9-6-14-7-10-25(11-8-14)20(26)5-4-19-24-13-18(27-19)16-3-2-15(21)12-17(16)22/h2-3,12-14,23H,4-11H2,1H3. The van der Waals surface area contributed by atoms with Crippen LogP contribution in [0.15, 0.2) is 28.8 Å². The Balaban J connectivity index is 1.49. The second kappa shape index (κ2) is 9.08. The second-order valence-electron chi connectivity index (χ2n) is 6.96. The van der Waals surface area contributed by atoms with E-state index in [1.807, 2.05) is 11.9 Å². The van der Waals surface area contributed by atoms with Crippen LogP contribution in [-0.4, -0.2) is 42.5 Å². The number of nitrogens with zero attached hydrogens (tertiary/aromatic N) is 2. The molecule has 0 saturated carbocycles. The van der Waals surface area contributed by atoms with E-state index in [-0.39, 0.29) is 17.2 Å². The third-order valence-corrected chi connectivity index (χ3v) is 5.07. The summed E-state index contributed by atoms with van der Waals surface area (Å²) in [4.78, 5) is 18.4. The van der Waals surface area contributed by atoms with Crippen molar-refractivity contribution in [1.29, 1.82) is 0 Å². The van der Waals surface area contributed by atoms with Crippen molar-refractivity contribution in [3.63, 3.8) is 0 Å². The minimum Gasteiger partial charge on any atom is -0.441 e. The predicted molar refractivity (Wildman–Crippen MR) is 98.0 cm³/mol. The van der Waals surface area contributed by atoms with Gasteiger partial charge in [0.05, 0.1) is 11.8 Å². The summed E-state index contributed by atoms with van der Waals surface area (Å²) in [5, 5.41) is 3.17. The molecular formula is C20H25F2N3O2. The van der Waals surface area contributed by atoms with Gasteiger partial charge in [0.25, 0.3) is 0 Å². The molecule has 3 rings (SSSR count). The highest BCUT2D eigenvalue weighted by molar-refractivity contribution is 5.76. The van der Waals surface area contributed by atoms with Crippen molar-refractivity contribution in [2.75, 3.05) is 26.7 Å². The van der Waals surface area contributed by atoms with Gasteiger partial charge in [0, 0.05) is 32.0 Å². The van der Waals surface area contributed by atoms with Crippen molar-refractivity contribution in [1.82, 2.24) is 15.2 Å². The Bertz CT molecular complexity index is 770. The third kappa shape index (κ3) is 5.13. The Morgan fingerprint density at radius 1 is 1.33 bits per heavy atom. The van der Waals surface area contributed by atoms with E-state index in [9.17, 15) is 13.6 Å². The van der Waals surface area contributed by atoms with E-state index in [0.29, 0.717) is 24.7 Å². The molecule has 7 heteroatoms. The summed E-state index contributed by atoms with van der Waals surface area (Å²) < 4.78 is 32.4. The first-order valence-electron chi connectivity index (χ1n) is 9.39. The first kappa shape index (κ1) is 19.5. The number of carbonyl (C=O) groups excluding carboxylic acids is 1. The number of aryl methyl sites for hydroxylation is 1. The van der Waals surface area contributed by atoms with Crippen LogP contribution in [0.3, 0.4) is 0 Å². The quantitative estimate of drug-likeness (QED) is 0.804. The fourth-order valence-electron chi connectivity index (χ4n) is 3.43. The fourth-order valence-corrected chi connectivity index (χ4v) is 3.43. The van der Waals surface area contributed by atoms with Crippen molar-refractivity contribution in [2.45, 2.75) is 32.1 Å². The predicted octanol–water partition coefficient (Wildman–Crippen LogP) is 3.40. The smallest absolute Gasteiger partial charge is 0.223 e. The molecular weight excluding hydrogens is 352 g/mol. The van der Waals surface area contributed by atoms with Crippen molar-refractivity contribution in [2.24, 2.45) is 5.92 Å². The van der Waals surface area contributed by atoms with E-state index < -0.39 is 11.6 Å². The van der Waals surface area contributed by atoms with Gasteiger partial charge in [-0.3, -0.25) is 4.79 Å². The molecule has 1 aliphatic rings. The molecule has 2 aromatic rings. The molecule has 1 saturated heterocycles. The lowest BCUT2D eigenvalue weighted by Crippen LogP contribution is -2.39. The van der Waals surface area contributed by atoms with Crippen LogP contribution in [0.4, 0.5) is 8.78 Å². The monoisotopic (exact) mass is 377 g/mol. The maximum Gasteiger partial charge on any atom is 0.223 e. The number of carbonyl (C=O) groups is 1. The lowest BCUT2D eigenvalue weighted by atomic mass is 9.93. The molecule has 2 heterocycles. The highest BCUT2D eigenvalue weighted by Gasteiger charge is 2.22. The number of piperidine rings is 1. The summed E-state index contributed by atoms with van der Waals surface area (Å²) in [5.74, 6) is 0.0497. The molecule has 146 valence electrons. The lowest BCUT2D eigenvalue weighted by molar-refractivity contribution is -0.132. The molecule has 5 nitrogen and oxygen atoms in total. The van der Waals surface area contributed by atoms with Crippen LogP contribution in [0.5, 0.6) is 0 Å². The second-order valence-corrected chi connectivity index (χ2v) is 6.96. The Hall–Kier alpha value is -2.28. The van der Waals surface area contributed by atoms with Crippen molar-refractivity contribution < 1.29 is 18.0 Å². The molecule has 27 heavy (non-hydrogen) atoms. The Morgan fingerprint density at radius 3 is 2.81 bits per heavy atom. The number of hydrogen-bond donors (Lipinski definition) is 1. The van der Waals surface area contributed by atoms with Gasteiger partial charge < -0.3 is 14.6 Å². The van der Waals surface area contributed by atoms with E-state index in [4.69, 9.17) is 4.42 Å². The molecule has 1 N–H and O–H groups in total. The average Bonchev–Trinajstić information content (AvgIpc) is 3.13. The minimum absolute atomic E-state index is 0.0924. The summed E-state index contributed by atoms with van der Waals surface area (Å²) in [5.41, 5.74) is 0.158. The summed E-state index contributed by atoms with van der Waals surface area (Å²) in [6, 6.07) is 3.30.